The highest BCUT2D eigenvalue weighted by atomic mass is 16.7. The van der Waals surface area contributed by atoms with Gasteiger partial charge in [-0.2, -0.15) is 0 Å². The van der Waals surface area contributed by atoms with Gasteiger partial charge >= 0.3 is 0 Å². The van der Waals surface area contributed by atoms with Gasteiger partial charge in [-0.05, 0) is 31.8 Å². The highest BCUT2D eigenvalue weighted by Gasteiger charge is 2.57. The molecule has 2 saturated heterocycles. The number of likely N-dealkylation sites (N-methyl/N-ethyl adjacent to an activating group) is 1. The molecule has 0 saturated carbocycles. The van der Waals surface area contributed by atoms with Crippen molar-refractivity contribution in [2.24, 2.45) is 5.41 Å². The summed E-state index contributed by atoms with van der Waals surface area (Å²) in [7, 11) is 3.05. The van der Waals surface area contributed by atoms with Gasteiger partial charge in [0.2, 0.25) is 5.79 Å². The summed E-state index contributed by atoms with van der Waals surface area (Å²) in [6.07, 6.45) is -0.844. The van der Waals surface area contributed by atoms with E-state index in [1.807, 2.05) is 0 Å². The number of carbonyl (C=O) groups excluding carboxylic acids is 2. The molecule has 2 fully saturated rings. The SMILES string of the molecule is CO[C@]12OC/C(=C3\C(=O)N(C)CC[C@]3(C)C(=O)CCC[C@@H]1O)[C@@H]2O. The van der Waals surface area contributed by atoms with Gasteiger partial charge in [-0.15, -0.1) is 0 Å². The molecule has 1 amide bonds. The van der Waals surface area contributed by atoms with Gasteiger partial charge in [-0.3, -0.25) is 9.59 Å². The Morgan fingerprint density at radius 3 is 2.71 bits per heavy atom. The molecule has 2 heterocycles. The number of Topliss-reactive ketones (excluding diaryl/α,β-unsaturated/α-hetero) is 1. The molecule has 3 rings (SSSR count). The first-order valence-electron chi connectivity index (χ1n) is 8.35. The molecule has 2 bridgehead atoms. The van der Waals surface area contributed by atoms with Gasteiger partial charge in [0, 0.05) is 32.7 Å². The molecule has 2 N–H and O–H groups in total. The second kappa shape index (κ2) is 5.91. The molecular formula is C17H25NO6. The summed E-state index contributed by atoms with van der Waals surface area (Å²) in [5.41, 5.74) is -0.276. The Labute approximate surface area is 141 Å². The van der Waals surface area contributed by atoms with Crippen molar-refractivity contribution in [2.75, 3.05) is 27.3 Å². The topological polar surface area (TPSA) is 96.3 Å². The first kappa shape index (κ1) is 17.5. The average molecular weight is 339 g/mol. The maximum absolute atomic E-state index is 12.8. The summed E-state index contributed by atoms with van der Waals surface area (Å²) in [4.78, 5) is 27.2. The molecule has 7 nitrogen and oxygen atoms in total. The number of rotatable bonds is 1. The van der Waals surface area contributed by atoms with Crippen molar-refractivity contribution in [1.82, 2.24) is 4.90 Å². The zero-order valence-electron chi connectivity index (χ0n) is 14.4. The zero-order valence-corrected chi connectivity index (χ0v) is 14.4. The van der Waals surface area contributed by atoms with Crippen LogP contribution < -0.4 is 0 Å². The fourth-order valence-corrected chi connectivity index (χ4v) is 4.13. The Hall–Kier alpha value is -1.28. The van der Waals surface area contributed by atoms with Crippen LogP contribution in [0.5, 0.6) is 0 Å². The predicted octanol–water partition coefficient (Wildman–Crippen LogP) is -0.000900. The monoisotopic (exact) mass is 339 g/mol. The van der Waals surface area contributed by atoms with Crippen molar-refractivity contribution in [3.63, 3.8) is 0 Å². The van der Waals surface area contributed by atoms with Crippen LogP contribution >= 0.6 is 0 Å². The second-order valence-electron chi connectivity index (χ2n) is 7.16. The molecule has 0 radical (unpaired) electrons. The van der Waals surface area contributed by atoms with Gasteiger partial charge in [-0.25, -0.2) is 0 Å². The molecule has 2 aliphatic heterocycles. The van der Waals surface area contributed by atoms with E-state index in [-0.39, 0.29) is 31.1 Å². The molecule has 134 valence electrons. The van der Waals surface area contributed by atoms with Crippen LogP contribution in [0.3, 0.4) is 0 Å². The third kappa shape index (κ3) is 2.26. The molecule has 3 aliphatic rings. The van der Waals surface area contributed by atoms with E-state index in [9.17, 15) is 19.8 Å². The Bertz CT molecular complexity index is 602. The van der Waals surface area contributed by atoms with Crippen LogP contribution in [0.1, 0.15) is 32.6 Å². The molecule has 0 aromatic heterocycles. The van der Waals surface area contributed by atoms with Crippen LogP contribution in [0, 0.1) is 5.41 Å². The van der Waals surface area contributed by atoms with Crippen molar-refractivity contribution in [3.05, 3.63) is 11.1 Å². The summed E-state index contributed by atoms with van der Waals surface area (Å²) in [6, 6.07) is 0. The Kier molecular flexibility index (Phi) is 4.32. The van der Waals surface area contributed by atoms with Gasteiger partial charge in [0.05, 0.1) is 12.0 Å². The number of hydrogen-bond donors (Lipinski definition) is 2. The van der Waals surface area contributed by atoms with Crippen molar-refractivity contribution in [3.8, 4) is 0 Å². The number of carbonyl (C=O) groups is 2. The summed E-state index contributed by atoms with van der Waals surface area (Å²) < 4.78 is 11.0. The van der Waals surface area contributed by atoms with Crippen molar-refractivity contribution in [2.45, 2.75) is 50.6 Å². The first-order chi connectivity index (χ1) is 11.3. The number of aliphatic hydroxyl groups is 2. The molecule has 0 spiro atoms. The minimum absolute atomic E-state index is 0.0253. The number of amides is 1. The molecule has 0 aromatic carbocycles. The highest BCUT2D eigenvalue weighted by Crippen LogP contribution is 2.46. The third-order valence-corrected chi connectivity index (χ3v) is 5.83. The molecule has 7 heteroatoms. The molecule has 24 heavy (non-hydrogen) atoms. The van der Waals surface area contributed by atoms with Crippen LogP contribution in [-0.2, 0) is 19.1 Å². The van der Waals surface area contributed by atoms with Gasteiger partial charge in [0.25, 0.3) is 5.91 Å². The van der Waals surface area contributed by atoms with Crippen LogP contribution in [0.25, 0.3) is 0 Å². The second-order valence-corrected chi connectivity index (χ2v) is 7.16. The van der Waals surface area contributed by atoms with Gasteiger partial charge < -0.3 is 24.6 Å². The van der Waals surface area contributed by atoms with Gasteiger partial charge in [-0.1, -0.05) is 0 Å². The molecule has 0 unspecified atom stereocenters. The van der Waals surface area contributed by atoms with E-state index < -0.39 is 23.4 Å². The van der Waals surface area contributed by atoms with E-state index in [1.165, 1.54) is 7.11 Å². The van der Waals surface area contributed by atoms with Gasteiger partial charge in [0.1, 0.15) is 18.0 Å². The maximum atomic E-state index is 12.8. The molecular weight excluding hydrogens is 314 g/mol. The number of ketones is 1. The van der Waals surface area contributed by atoms with Gasteiger partial charge in [0.15, 0.2) is 0 Å². The number of methoxy groups -OCH3 is 1. The van der Waals surface area contributed by atoms with E-state index in [1.54, 1.807) is 18.9 Å². The molecule has 4 atom stereocenters. The number of fused-ring (bicyclic) bond motifs is 3. The Morgan fingerprint density at radius 1 is 1.33 bits per heavy atom. The number of hydrogen-bond acceptors (Lipinski definition) is 6. The number of likely N-dealkylation sites (tertiary alicyclic amines) is 1. The highest BCUT2D eigenvalue weighted by molar-refractivity contribution is 6.04. The lowest BCUT2D eigenvalue weighted by molar-refractivity contribution is -0.279. The summed E-state index contributed by atoms with van der Waals surface area (Å²) in [5.74, 6) is -1.88. The van der Waals surface area contributed by atoms with E-state index in [2.05, 4.69) is 0 Å². The van der Waals surface area contributed by atoms with E-state index >= 15 is 0 Å². The standard InChI is InChI=1S/C17H25NO6/c1-16-7-8-18(2)15(22)13(16)10-9-24-17(23-3,14(10)21)12(20)6-4-5-11(16)19/h12,14,20-21H,4-9H2,1-3H3/b13-10-/t12-,14-,16+,17-/m0/s1. The quantitative estimate of drug-likeness (QED) is 0.698. The minimum atomic E-state index is -1.58. The first-order valence-corrected chi connectivity index (χ1v) is 8.35. The van der Waals surface area contributed by atoms with Crippen LogP contribution in [0.4, 0.5) is 0 Å². The summed E-state index contributed by atoms with van der Waals surface area (Å²) in [5, 5.41) is 21.3. The fourth-order valence-electron chi connectivity index (χ4n) is 4.13. The predicted molar refractivity (Wildman–Crippen MR) is 84.0 cm³/mol. The lowest BCUT2D eigenvalue weighted by Gasteiger charge is -2.41. The van der Waals surface area contributed by atoms with Crippen molar-refractivity contribution in [1.29, 1.82) is 0 Å². The van der Waals surface area contributed by atoms with Crippen LogP contribution in [0.2, 0.25) is 0 Å². The van der Waals surface area contributed by atoms with Crippen LogP contribution in [0.15, 0.2) is 11.1 Å². The molecule has 1 aliphatic carbocycles. The lowest BCUT2D eigenvalue weighted by atomic mass is 9.68. The maximum Gasteiger partial charge on any atom is 0.250 e. The Balaban J connectivity index is 2.20. The third-order valence-electron chi connectivity index (χ3n) is 5.83. The zero-order chi connectivity index (χ0) is 17.7. The fraction of sp³-hybridized carbons (Fsp3) is 0.765. The molecule has 0 aromatic rings. The minimum Gasteiger partial charge on any atom is -0.387 e. The normalized spacial score (nSPS) is 43.8. The number of ether oxygens (including phenoxy) is 2. The smallest absolute Gasteiger partial charge is 0.250 e. The summed E-state index contributed by atoms with van der Waals surface area (Å²) >= 11 is 0. The summed E-state index contributed by atoms with van der Waals surface area (Å²) in [6.45, 7) is 2.23. The van der Waals surface area contributed by atoms with Crippen molar-refractivity contribution >= 4 is 11.7 Å². The Morgan fingerprint density at radius 2 is 2.04 bits per heavy atom. The van der Waals surface area contributed by atoms with E-state index in [0.717, 1.165) is 0 Å². The van der Waals surface area contributed by atoms with E-state index in [0.29, 0.717) is 30.5 Å². The lowest BCUT2D eigenvalue weighted by Crippen LogP contribution is -2.54. The number of piperidine rings is 1. The number of nitrogens with zero attached hydrogens (tertiary/aromatic N) is 1. The largest absolute Gasteiger partial charge is 0.387 e. The number of aliphatic hydroxyl groups excluding tert-OH is 2. The van der Waals surface area contributed by atoms with E-state index in [4.69, 9.17) is 9.47 Å². The van der Waals surface area contributed by atoms with Crippen LogP contribution in [-0.4, -0.2) is 72.1 Å². The average Bonchev–Trinajstić information content (AvgIpc) is 2.88. The van der Waals surface area contributed by atoms with Crippen molar-refractivity contribution < 1.29 is 29.3 Å².